The van der Waals surface area contributed by atoms with E-state index in [-0.39, 0.29) is 18.0 Å². The summed E-state index contributed by atoms with van der Waals surface area (Å²) in [5.74, 6) is 0.0740. The van der Waals surface area contributed by atoms with E-state index in [0.717, 1.165) is 11.4 Å². The van der Waals surface area contributed by atoms with Crippen LogP contribution in [0.1, 0.15) is 30.7 Å². The van der Waals surface area contributed by atoms with E-state index in [4.69, 9.17) is 0 Å². The number of nitrogens with zero attached hydrogens (tertiary/aromatic N) is 4. The van der Waals surface area contributed by atoms with Gasteiger partial charge in [0.15, 0.2) is 0 Å². The number of likely N-dealkylation sites (tertiary alicyclic amines) is 1. The molecule has 7 nitrogen and oxygen atoms in total. The van der Waals surface area contributed by atoms with E-state index in [1.54, 1.807) is 23.1 Å². The van der Waals surface area contributed by atoms with E-state index in [1.807, 2.05) is 31.2 Å². The second-order valence-corrected chi connectivity index (χ2v) is 8.07. The summed E-state index contributed by atoms with van der Waals surface area (Å²) in [7, 11) is 0. The van der Waals surface area contributed by atoms with Crippen LogP contribution in [0.15, 0.2) is 53.6 Å². The minimum absolute atomic E-state index is 0.0740. The van der Waals surface area contributed by atoms with Crippen LogP contribution in [0, 0.1) is 6.92 Å². The molecule has 1 N–H and O–H groups in total. The highest BCUT2D eigenvalue weighted by Gasteiger charge is 2.34. The van der Waals surface area contributed by atoms with Gasteiger partial charge in [0.2, 0.25) is 5.91 Å². The third-order valence-electron chi connectivity index (χ3n) is 5.78. The highest BCUT2D eigenvalue weighted by Crippen LogP contribution is 2.24. The molecular formula is C23H26N4O3. The van der Waals surface area contributed by atoms with Gasteiger partial charge in [0.1, 0.15) is 0 Å². The zero-order valence-corrected chi connectivity index (χ0v) is 17.1. The monoisotopic (exact) mass is 406 g/mol. The number of rotatable bonds is 5. The van der Waals surface area contributed by atoms with Crippen LogP contribution in [0.2, 0.25) is 0 Å². The first-order chi connectivity index (χ1) is 14.4. The van der Waals surface area contributed by atoms with Crippen molar-refractivity contribution in [1.29, 1.82) is 0 Å². The topological polar surface area (TPSA) is 88.3 Å². The van der Waals surface area contributed by atoms with Crippen molar-refractivity contribution in [2.75, 3.05) is 13.1 Å². The predicted octanol–water partition coefficient (Wildman–Crippen LogP) is 2.09. The summed E-state index contributed by atoms with van der Waals surface area (Å²) in [6.45, 7) is 3.07. The Morgan fingerprint density at radius 3 is 2.67 bits per heavy atom. The van der Waals surface area contributed by atoms with E-state index < -0.39 is 5.60 Å². The summed E-state index contributed by atoms with van der Waals surface area (Å²) in [5.41, 5.74) is 1.33. The van der Waals surface area contributed by atoms with Crippen LogP contribution < -0.4 is 5.56 Å². The molecular weight excluding hydrogens is 380 g/mol. The molecule has 3 aromatic rings. The quantitative estimate of drug-likeness (QED) is 0.701. The van der Waals surface area contributed by atoms with Gasteiger partial charge >= 0.3 is 0 Å². The first kappa shape index (κ1) is 20.2. The van der Waals surface area contributed by atoms with Crippen molar-refractivity contribution in [1.82, 2.24) is 19.4 Å². The van der Waals surface area contributed by atoms with Gasteiger partial charge in [0.05, 0.1) is 29.4 Å². The van der Waals surface area contributed by atoms with Gasteiger partial charge in [-0.1, -0.05) is 18.2 Å². The fourth-order valence-corrected chi connectivity index (χ4v) is 4.00. The third kappa shape index (κ3) is 4.41. The maximum absolute atomic E-state index is 12.7. The lowest BCUT2D eigenvalue weighted by molar-refractivity contribution is -0.135. The Morgan fingerprint density at radius 1 is 1.13 bits per heavy atom. The largest absolute Gasteiger partial charge is 0.388 e. The van der Waals surface area contributed by atoms with E-state index in [1.165, 1.54) is 10.9 Å². The number of benzene rings is 1. The number of aromatic nitrogens is 3. The number of para-hydroxylation sites is 1. The molecule has 30 heavy (non-hydrogen) atoms. The number of carbonyl (C=O) groups excluding carboxylic acids is 1. The molecule has 0 spiro atoms. The molecule has 1 fully saturated rings. The number of piperidine rings is 1. The minimum atomic E-state index is -1.02. The Bertz CT molecular complexity index is 1120. The number of fused-ring (bicyclic) bond motifs is 1. The Hall–Kier alpha value is -3.06. The van der Waals surface area contributed by atoms with E-state index in [2.05, 4.69) is 9.97 Å². The molecule has 1 amide bonds. The van der Waals surface area contributed by atoms with Crippen LogP contribution in [0.3, 0.4) is 0 Å². The number of carbonyl (C=O) groups is 1. The smallest absolute Gasteiger partial charge is 0.261 e. The lowest BCUT2D eigenvalue weighted by atomic mass is 9.91. The van der Waals surface area contributed by atoms with E-state index in [0.29, 0.717) is 49.7 Å². The molecule has 3 heterocycles. The Kier molecular flexibility index (Phi) is 5.63. The zero-order chi connectivity index (χ0) is 21.1. The lowest BCUT2D eigenvalue weighted by Gasteiger charge is -2.38. The van der Waals surface area contributed by atoms with Gasteiger partial charge in [0.25, 0.3) is 5.56 Å². The van der Waals surface area contributed by atoms with Gasteiger partial charge in [0, 0.05) is 30.9 Å². The molecule has 1 aromatic carbocycles. The van der Waals surface area contributed by atoms with Gasteiger partial charge in [-0.25, -0.2) is 4.98 Å². The van der Waals surface area contributed by atoms with Gasteiger partial charge in [-0.2, -0.15) is 0 Å². The Morgan fingerprint density at radius 2 is 1.90 bits per heavy atom. The molecule has 0 bridgehead atoms. The summed E-state index contributed by atoms with van der Waals surface area (Å²) >= 11 is 0. The average Bonchev–Trinajstić information content (AvgIpc) is 2.75. The minimum Gasteiger partial charge on any atom is -0.388 e. The molecule has 156 valence electrons. The number of aryl methyl sites for hydroxylation is 2. The Labute approximate surface area is 175 Å². The molecule has 0 atom stereocenters. The SMILES string of the molecule is Cc1cccc(CCC(=O)N2CCC(O)(Cn3cnc4ccccc4c3=O)CC2)n1. The lowest BCUT2D eigenvalue weighted by Crippen LogP contribution is -2.49. The zero-order valence-electron chi connectivity index (χ0n) is 17.1. The van der Waals surface area contributed by atoms with Crippen molar-refractivity contribution in [2.24, 2.45) is 0 Å². The van der Waals surface area contributed by atoms with Crippen molar-refractivity contribution < 1.29 is 9.90 Å². The second-order valence-electron chi connectivity index (χ2n) is 8.07. The summed E-state index contributed by atoms with van der Waals surface area (Å²) < 4.78 is 1.48. The maximum Gasteiger partial charge on any atom is 0.261 e. The van der Waals surface area contributed by atoms with Crippen molar-refractivity contribution in [3.05, 3.63) is 70.5 Å². The third-order valence-corrected chi connectivity index (χ3v) is 5.78. The summed E-state index contributed by atoms with van der Waals surface area (Å²) in [4.78, 5) is 35.8. The maximum atomic E-state index is 12.7. The number of pyridine rings is 1. The number of aliphatic hydroxyl groups is 1. The summed E-state index contributed by atoms with van der Waals surface area (Å²) in [6.07, 6.45) is 3.37. The van der Waals surface area contributed by atoms with Gasteiger partial charge in [-0.3, -0.25) is 19.1 Å². The molecule has 0 aliphatic carbocycles. The first-order valence-electron chi connectivity index (χ1n) is 10.3. The summed E-state index contributed by atoms with van der Waals surface area (Å²) in [5, 5.41) is 11.6. The summed E-state index contributed by atoms with van der Waals surface area (Å²) in [6, 6.07) is 13.0. The van der Waals surface area contributed by atoms with Crippen LogP contribution >= 0.6 is 0 Å². The van der Waals surface area contributed by atoms with Gasteiger partial charge in [-0.15, -0.1) is 0 Å². The molecule has 4 rings (SSSR count). The number of hydrogen-bond acceptors (Lipinski definition) is 5. The van der Waals surface area contributed by atoms with Crippen LogP contribution in [-0.4, -0.2) is 49.1 Å². The molecule has 0 radical (unpaired) electrons. The molecule has 1 saturated heterocycles. The van der Waals surface area contributed by atoms with E-state index in [9.17, 15) is 14.7 Å². The molecule has 0 unspecified atom stereocenters. The molecule has 2 aromatic heterocycles. The van der Waals surface area contributed by atoms with Crippen LogP contribution in [0.25, 0.3) is 10.9 Å². The van der Waals surface area contributed by atoms with Gasteiger partial charge in [-0.05, 0) is 50.5 Å². The second kappa shape index (κ2) is 8.36. The first-order valence-corrected chi connectivity index (χ1v) is 10.3. The highest BCUT2D eigenvalue weighted by molar-refractivity contribution is 5.77. The Balaban J connectivity index is 1.36. The van der Waals surface area contributed by atoms with E-state index >= 15 is 0 Å². The number of hydrogen-bond donors (Lipinski definition) is 1. The highest BCUT2D eigenvalue weighted by atomic mass is 16.3. The average molecular weight is 406 g/mol. The van der Waals surface area contributed by atoms with Crippen LogP contribution in [-0.2, 0) is 17.8 Å². The van der Waals surface area contributed by atoms with Crippen LogP contribution in [0.4, 0.5) is 0 Å². The van der Waals surface area contributed by atoms with Crippen molar-refractivity contribution >= 4 is 16.8 Å². The number of amides is 1. The predicted molar refractivity (Wildman–Crippen MR) is 114 cm³/mol. The molecule has 0 saturated carbocycles. The van der Waals surface area contributed by atoms with Gasteiger partial charge < -0.3 is 10.0 Å². The fraction of sp³-hybridized carbons (Fsp3) is 0.391. The standard InChI is InChI=1S/C23H26N4O3/c1-17-5-4-6-18(25-17)9-10-21(28)26-13-11-23(30,12-14-26)15-27-16-24-20-8-3-2-7-19(20)22(27)29/h2-8,16,30H,9-15H2,1H3. The fourth-order valence-electron chi connectivity index (χ4n) is 4.00. The van der Waals surface area contributed by atoms with Crippen LogP contribution in [0.5, 0.6) is 0 Å². The normalized spacial score (nSPS) is 16.0. The molecule has 7 heteroatoms. The van der Waals surface area contributed by atoms with Crippen molar-refractivity contribution in [3.8, 4) is 0 Å². The van der Waals surface area contributed by atoms with Crippen molar-refractivity contribution in [3.63, 3.8) is 0 Å². The molecule has 1 aliphatic heterocycles. The van der Waals surface area contributed by atoms with Crippen molar-refractivity contribution in [2.45, 2.75) is 44.8 Å². The molecule has 1 aliphatic rings.